The van der Waals surface area contributed by atoms with Crippen molar-refractivity contribution in [1.82, 2.24) is 15.5 Å². The second-order valence-electron chi connectivity index (χ2n) is 5.32. The number of nitrogens with zero attached hydrogens (tertiary/aromatic N) is 1. The summed E-state index contributed by atoms with van der Waals surface area (Å²) in [5.41, 5.74) is 0. The summed E-state index contributed by atoms with van der Waals surface area (Å²) in [6, 6.07) is 1.32. The molecule has 1 unspecified atom stereocenters. The number of piperidine rings is 1. The fourth-order valence-electron chi connectivity index (χ4n) is 2.71. The van der Waals surface area contributed by atoms with Gasteiger partial charge in [0, 0.05) is 36.8 Å². The largest absolute Gasteiger partial charge is 0.352 e. The number of hydrogen-bond acceptors (Lipinski definition) is 4. The summed E-state index contributed by atoms with van der Waals surface area (Å²) in [4.78, 5) is 14.5. The van der Waals surface area contributed by atoms with Crippen LogP contribution in [-0.2, 0) is 4.79 Å². The van der Waals surface area contributed by atoms with Crippen molar-refractivity contribution in [1.29, 1.82) is 0 Å². The van der Waals surface area contributed by atoms with Gasteiger partial charge in [-0.3, -0.25) is 10.1 Å². The molecule has 0 radical (unpaired) electrons. The Morgan fingerprint density at radius 3 is 2.37 bits per heavy atom. The number of carbonyl (C=O) groups is 1. The van der Waals surface area contributed by atoms with Gasteiger partial charge in [-0.15, -0.1) is 36.6 Å². The quantitative estimate of drug-likeness (QED) is 0.818. The van der Waals surface area contributed by atoms with Crippen LogP contribution in [0.15, 0.2) is 0 Å². The van der Waals surface area contributed by atoms with Crippen molar-refractivity contribution in [3.63, 3.8) is 0 Å². The van der Waals surface area contributed by atoms with Gasteiger partial charge < -0.3 is 10.2 Å². The Bertz CT molecular complexity index is 291. The third kappa shape index (κ3) is 4.67. The molecule has 2 saturated heterocycles. The lowest BCUT2D eigenvalue weighted by Crippen LogP contribution is -2.50. The monoisotopic (exact) mass is 327 g/mol. The lowest BCUT2D eigenvalue weighted by Gasteiger charge is -2.32. The zero-order valence-corrected chi connectivity index (χ0v) is 13.4. The number of carbonyl (C=O) groups excluding carboxylic acids is 1. The molecule has 2 heterocycles. The van der Waals surface area contributed by atoms with Crippen LogP contribution in [0.5, 0.6) is 0 Å². The van der Waals surface area contributed by atoms with Crippen molar-refractivity contribution in [2.45, 2.75) is 43.8 Å². The molecule has 19 heavy (non-hydrogen) atoms. The Morgan fingerprint density at radius 1 is 1.16 bits per heavy atom. The molecule has 2 N–H and O–H groups in total. The van der Waals surface area contributed by atoms with Crippen LogP contribution in [0.25, 0.3) is 0 Å². The summed E-state index contributed by atoms with van der Waals surface area (Å²) in [6.45, 7) is 2.34. The molecule has 0 spiro atoms. The zero-order valence-electron chi connectivity index (χ0n) is 11.0. The molecule has 0 bridgehead atoms. The number of thioether (sulfide) groups is 1. The second-order valence-corrected chi connectivity index (χ2v) is 6.35. The molecule has 7 heteroatoms. The molecule has 1 saturated carbocycles. The minimum absolute atomic E-state index is 0. The van der Waals surface area contributed by atoms with Crippen molar-refractivity contribution in [2.24, 2.45) is 0 Å². The molecule has 0 aromatic heterocycles. The summed E-state index contributed by atoms with van der Waals surface area (Å²) < 4.78 is 0. The molecule has 112 valence electrons. The zero-order chi connectivity index (χ0) is 11.7. The normalized spacial score (nSPS) is 28.3. The van der Waals surface area contributed by atoms with Gasteiger partial charge in [-0.25, -0.2) is 0 Å². The van der Waals surface area contributed by atoms with Gasteiger partial charge in [0.2, 0.25) is 5.91 Å². The number of likely N-dealkylation sites (tertiary alicyclic amines) is 1. The Labute approximate surface area is 131 Å². The van der Waals surface area contributed by atoms with E-state index in [0.29, 0.717) is 6.04 Å². The maximum Gasteiger partial charge on any atom is 0.238 e. The first-order valence-corrected chi connectivity index (χ1v) is 7.84. The summed E-state index contributed by atoms with van der Waals surface area (Å²) >= 11 is 1.80. The molecule has 1 aliphatic carbocycles. The van der Waals surface area contributed by atoms with Crippen molar-refractivity contribution in [3.8, 4) is 0 Å². The number of halogens is 2. The van der Waals surface area contributed by atoms with Gasteiger partial charge in [-0.05, 0) is 25.7 Å². The van der Waals surface area contributed by atoms with E-state index in [4.69, 9.17) is 0 Å². The average Bonchev–Trinajstić information content (AvgIpc) is 3.05. The highest BCUT2D eigenvalue weighted by atomic mass is 35.5. The Hall–Kier alpha value is 0.320. The molecular formula is C12H23Cl2N3OS. The van der Waals surface area contributed by atoms with Crippen molar-refractivity contribution < 1.29 is 4.79 Å². The lowest BCUT2D eigenvalue weighted by molar-refractivity contribution is -0.123. The van der Waals surface area contributed by atoms with Crippen LogP contribution in [0.2, 0.25) is 0 Å². The fraction of sp³-hybridized carbons (Fsp3) is 0.917. The average molecular weight is 328 g/mol. The molecular weight excluding hydrogens is 305 g/mol. The second kappa shape index (κ2) is 7.93. The van der Waals surface area contributed by atoms with Gasteiger partial charge in [0.1, 0.15) is 0 Å². The van der Waals surface area contributed by atoms with Gasteiger partial charge in [0.15, 0.2) is 0 Å². The van der Waals surface area contributed by atoms with E-state index in [0.717, 1.165) is 30.5 Å². The maximum absolute atomic E-state index is 11.9. The van der Waals surface area contributed by atoms with Crippen molar-refractivity contribution in [2.75, 3.05) is 24.7 Å². The third-order valence-corrected chi connectivity index (χ3v) is 4.91. The predicted molar refractivity (Wildman–Crippen MR) is 84.5 cm³/mol. The van der Waals surface area contributed by atoms with Gasteiger partial charge in [-0.2, -0.15) is 0 Å². The van der Waals surface area contributed by atoms with Gasteiger partial charge in [0.25, 0.3) is 0 Å². The van der Waals surface area contributed by atoms with Crippen molar-refractivity contribution >= 4 is 42.5 Å². The van der Waals surface area contributed by atoms with Crippen LogP contribution in [0, 0.1) is 0 Å². The first-order valence-electron chi connectivity index (χ1n) is 6.68. The first kappa shape index (κ1) is 17.4. The topological polar surface area (TPSA) is 44.4 Å². The smallest absolute Gasteiger partial charge is 0.238 e. The molecule has 3 rings (SSSR count). The van der Waals surface area contributed by atoms with E-state index in [1.54, 1.807) is 11.8 Å². The van der Waals surface area contributed by atoms with Crippen molar-refractivity contribution in [3.05, 3.63) is 0 Å². The summed E-state index contributed by atoms with van der Waals surface area (Å²) in [5, 5.41) is 6.42. The van der Waals surface area contributed by atoms with E-state index in [9.17, 15) is 4.79 Å². The molecule has 3 fully saturated rings. The Balaban J connectivity index is 0.000000902. The molecule has 3 aliphatic rings. The Kier molecular flexibility index (Phi) is 7.25. The summed E-state index contributed by atoms with van der Waals surface area (Å²) in [6.07, 6.45) is 5.03. The molecule has 1 atom stereocenters. The summed E-state index contributed by atoms with van der Waals surface area (Å²) in [5.74, 6) is 2.05. The SMILES string of the molecule is Cl.Cl.O=C(NC1CCN(C2CC2)CC1)C1CSCN1. The van der Waals surface area contributed by atoms with Gasteiger partial charge >= 0.3 is 0 Å². The van der Waals surface area contributed by atoms with E-state index in [2.05, 4.69) is 15.5 Å². The highest BCUT2D eigenvalue weighted by Gasteiger charge is 2.33. The molecule has 4 nitrogen and oxygen atoms in total. The van der Waals surface area contributed by atoms with E-state index >= 15 is 0 Å². The number of nitrogens with one attached hydrogen (secondary N) is 2. The number of hydrogen-bond donors (Lipinski definition) is 2. The highest BCUT2D eigenvalue weighted by Crippen LogP contribution is 2.29. The highest BCUT2D eigenvalue weighted by molar-refractivity contribution is 7.99. The molecule has 2 aliphatic heterocycles. The van der Waals surface area contributed by atoms with Crippen LogP contribution in [-0.4, -0.2) is 53.7 Å². The van der Waals surface area contributed by atoms with Gasteiger partial charge in [0.05, 0.1) is 6.04 Å². The number of rotatable bonds is 3. The predicted octanol–water partition coefficient (Wildman–Crippen LogP) is 1.24. The summed E-state index contributed by atoms with van der Waals surface area (Å²) in [7, 11) is 0. The minimum atomic E-state index is 0. The van der Waals surface area contributed by atoms with E-state index < -0.39 is 0 Å². The van der Waals surface area contributed by atoms with Crippen LogP contribution in [0.4, 0.5) is 0 Å². The lowest BCUT2D eigenvalue weighted by atomic mass is 10.0. The molecule has 0 aromatic rings. The van der Waals surface area contributed by atoms with E-state index in [1.807, 2.05) is 0 Å². The van der Waals surface area contributed by atoms with Crippen LogP contribution >= 0.6 is 36.6 Å². The fourth-order valence-corrected chi connectivity index (χ4v) is 3.66. The van der Waals surface area contributed by atoms with Crippen LogP contribution < -0.4 is 10.6 Å². The maximum atomic E-state index is 11.9. The van der Waals surface area contributed by atoms with Crippen LogP contribution in [0.3, 0.4) is 0 Å². The minimum Gasteiger partial charge on any atom is -0.352 e. The molecule has 0 aromatic carbocycles. The first-order chi connectivity index (χ1) is 8.33. The van der Waals surface area contributed by atoms with E-state index in [-0.39, 0.29) is 36.8 Å². The van der Waals surface area contributed by atoms with Crippen LogP contribution in [0.1, 0.15) is 25.7 Å². The standard InChI is InChI=1S/C12H21N3OS.2ClH/c16-12(11-7-17-8-13-11)14-9-3-5-15(6-4-9)10-1-2-10;;/h9-11,13H,1-8H2,(H,14,16);2*1H. The number of amides is 1. The van der Waals surface area contributed by atoms with Gasteiger partial charge in [-0.1, -0.05) is 0 Å². The Morgan fingerprint density at radius 2 is 1.84 bits per heavy atom. The third-order valence-electron chi connectivity index (χ3n) is 3.97. The molecule has 1 amide bonds. The van der Waals surface area contributed by atoms with E-state index in [1.165, 1.54) is 25.9 Å².